The minimum Gasteiger partial charge on any atom is -0.444 e. The Morgan fingerprint density at radius 3 is 2.68 bits per heavy atom. The van der Waals surface area contributed by atoms with Crippen molar-refractivity contribution < 1.29 is 19.1 Å². The molecule has 0 saturated carbocycles. The van der Waals surface area contributed by atoms with Gasteiger partial charge in [-0.2, -0.15) is 0 Å². The summed E-state index contributed by atoms with van der Waals surface area (Å²) >= 11 is 0. The van der Waals surface area contributed by atoms with Crippen LogP contribution in [0.4, 0.5) is 4.79 Å². The van der Waals surface area contributed by atoms with Gasteiger partial charge in [-0.15, -0.1) is 0 Å². The molecule has 1 saturated heterocycles. The average molecular weight is 348 g/mol. The summed E-state index contributed by atoms with van der Waals surface area (Å²) in [4.78, 5) is 25.8. The van der Waals surface area contributed by atoms with E-state index in [0.717, 1.165) is 5.56 Å². The van der Waals surface area contributed by atoms with E-state index in [9.17, 15) is 9.59 Å². The molecule has 1 aromatic rings. The van der Waals surface area contributed by atoms with E-state index in [1.54, 1.807) is 0 Å². The lowest BCUT2D eigenvalue weighted by Gasteiger charge is -2.33. The van der Waals surface area contributed by atoms with E-state index in [1.165, 1.54) is 0 Å². The van der Waals surface area contributed by atoms with E-state index < -0.39 is 11.7 Å². The second-order valence-corrected chi connectivity index (χ2v) is 7.14. The number of hydrogen-bond acceptors (Lipinski definition) is 4. The number of amides is 2. The third-order valence-corrected chi connectivity index (χ3v) is 3.83. The molecule has 0 aliphatic carbocycles. The van der Waals surface area contributed by atoms with Gasteiger partial charge in [0.2, 0.25) is 5.91 Å². The summed E-state index contributed by atoms with van der Waals surface area (Å²) in [7, 11) is 0. The van der Waals surface area contributed by atoms with Crippen LogP contribution in [-0.4, -0.2) is 48.7 Å². The van der Waals surface area contributed by atoms with Gasteiger partial charge in [0.15, 0.2) is 0 Å². The van der Waals surface area contributed by atoms with E-state index in [0.29, 0.717) is 39.1 Å². The van der Waals surface area contributed by atoms with Gasteiger partial charge in [-0.1, -0.05) is 30.3 Å². The van der Waals surface area contributed by atoms with Gasteiger partial charge in [-0.25, -0.2) is 4.79 Å². The molecule has 6 nitrogen and oxygen atoms in total. The second-order valence-electron chi connectivity index (χ2n) is 7.14. The van der Waals surface area contributed by atoms with Crippen molar-refractivity contribution in [3.8, 4) is 0 Å². The van der Waals surface area contributed by atoms with E-state index in [2.05, 4.69) is 5.32 Å². The molecule has 1 heterocycles. The summed E-state index contributed by atoms with van der Waals surface area (Å²) in [5, 5.41) is 2.68. The Hall–Kier alpha value is -2.08. The minimum atomic E-state index is -0.514. The molecular weight excluding hydrogens is 320 g/mol. The van der Waals surface area contributed by atoms with Crippen molar-refractivity contribution in [2.45, 2.75) is 45.3 Å². The molecule has 1 fully saturated rings. The van der Waals surface area contributed by atoms with E-state index >= 15 is 0 Å². The maximum absolute atomic E-state index is 12.4. The Bertz CT molecular complexity index is 569. The van der Waals surface area contributed by atoms with Crippen LogP contribution >= 0.6 is 0 Å². The van der Waals surface area contributed by atoms with Crippen LogP contribution in [0.3, 0.4) is 0 Å². The maximum atomic E-state index is 12.4. The van der Waals surface area contributed by atoms with Crippen molar-refractivity contribution >= 4 is 12.0 Å². The number of morpholine rings is 1. The van der Waals surface area contributed by atoms with Crippen LogP contribution in [0.1, 0.15) is 45.3 Å². The highest BCUT2D eigenvalue weighted by molar-refractivity contribution is 5.76. The van der Waals surface area contributed by atoms with Gasteiger partial charge in [0.1, 0.15) is 11.7 Å². The van der Waals surface area contributed by atoms with Crippen LogP contribution in [0.2, 0.25) is 0 Å². The van der Waals surface area contributed by atoms with Gasteiger partial charge in [-0.3, -0.25) is 4.79 Å². The van der Waals surface area contributed by atoms with E-state index in [4.69, 9.17) is 9.47 Å². The summed E-state index contributed by atoms with van der Waals surface area (Å²) in [5.74, 6) is 0.0928. The van der Waals surface area contributed by atoms with Gasteiger partial charge >= 0.3 is 6.09 Å². The first kappa shape index (κ1) is 19.2. The molecule has 1 N–H and O–H groups in total. The molecule has 6 heteroatoms. The molecule has 2 rings (SSSR count). The summed E-state index contributed by atoms with van der Waals surface area (Å²) in [5.41, 5.74) is 0.576. The summed E-state index contributed by atoms with van der Waals surface area (Å²) in [6.45, 7) is 7.60. The first-order valence-corrected chi connectivity index (χ1v) is 8.76. The maximum Gasteiger partial charge on any atom is 0.407 e. The highest BCUT2D eigenvalue weighted by Crippen LogP contribution is 2.22. The second kappa shape index (κ2) is 8.85. The van der Waals surface area contributed by atoms with Crippen molar-refractivity contribution in [3.05, 3.63) is 35.9 Å². The van der Waals surface area contributed by atoms with E-state index in [-0.39, 0.29) is 12.0 Å². The predicted octanol–water partition coefficient (Wildman–Crippen LogP) is 2.89. The number of benzene rings is 1. The van der Waals surface area contributed by atoms with Crippen LogP contribution < -0.4 is 5.32 Å². The molecule has 1 aliphatic heterocycles. The monoisotopic (exact) mass is 348 g/mol. The fraction of sp³-hybridized carbons (Fsp3) is 0.579. The lowest BCUT2D eigenvalue weighted by Crippen LogP contribution is -2.42. The standard InChI is InChI=1S/C19H28N2O4/c1-19(2,3)25-18(23)20-11-7-10-17(22)21-12-13-24-16(14-21)15-8-5-4-6-9-15/h4-6,8-9,16H,7,10-14H2,1-3H3,(H,20,23). The molecule has 0 spiro atoms. The van der Waals surface area contributed by atoms with Crippen LogP contribution in [0.15, 0.2) is 30.3 Å². The Morgan fingerprint density at radius 1 is 1.28 bits per heavy atom. The van der Waals surface area contributed by atoms with Crippen LogP contribution in [-0.2, 0) is 14.3 Å². The summed E-state index contributed by atoms with van der Waals surface area (Å²) < 4.78 is 10.9. The van der Waals surface area contributed by atoms with Gasteiger partial charge < -0.3 is 19.7 Å². The van der Waals surface area contributed by atoms with Crippen molar-refractivity contribution in [1.29, 1.82) is 0 Å². The Kier molecular flexibility index (Phi) is 6.82. The summed E-state index contributed by atoms with van der Waals surface area (Å²) in [6, 6.07) is 9.95. The largest absolute Gasteiger partial charge is 0.444 e. The third kappa shape index (κ3) is 6.74. The molecule has 0 radical (unpaired) electrons. The van der Waals surface area contributed by atoms with Crippen LogP contribution in [0.25, 0.3) is 0 Å². The number of rotatable bonds is 5. The topological polar surface area (TPSA) is 67.9 Å². The van der Waals surface area contributed by atoms with Gasteiger partial charge in [-0.05, 0) is 32.8 Å². The molecule has 1 atom stereocenters. The minimum absolute atomic E-state index is 0.0706. The van der Waals surface area contributed by atoms with Gasteiger partial charge in [0.05, 0.1) is 13.2 Å². The first-order chi connectivity index (χ1) is 11.8. The molecule has 1 aromatic carbocycles. The quantitative estimate of drug-likeness (QED) is 0.831. The zero-order valence-electron chi connectivity index (χ0n) is 15.3. The van der Waals surface area contributed by atoms with Crippen LogP contribution in [0, 0.1) is 0 Å². The molecule has 1 aliphatic rings. The average Bonchev–Trinajstić information content (AvgIpc) is 2.58. The van der Waals surface area contributed by atoms with Crippen molar-refractivity contribution in [1.82, 2.24) is 10.2 Å². The highest BCUT2D eigenvalue weighted by atomic mass is 16.6. The lowest BCUT2D eigenvalue weighted by molar-refractivity contribution is -0.139. The van der Waals surface area contributed by atoms with Crippen molar-refractivity contribution in [2.24, 2.45) is 0 Å². The normalized spacial score (nSPS) is 17.9. The van der Waals surface area contributed by atoms with Gasteiger partial charge in [0, 0.05) is 19.5 Å². The number of nitrogens with one attached hydrogen (secondary N) is 1. The number of alkyl carbamates (subject to hydrolysis) is 1. The van der Waals surface area contributed by atoms with E-state index in [1.807, 2.05) is 56.0 Å². The molecule has 138 valence electrons. The number of nitrogens with zero attached hydrogens (tertiary/aromatic N) is 1. The smallest absolute Gasteiger partial charge is 0.407 e. The van der Waals surface area contributed by atoms with Crippen molar-refractivity contribution in [3.63, 3.8) is 0 Å². The van der Waals surface area contributed by atoms with Crippen molar-refractivity contribution in [2.75, 3.05) is 26.2 Å². The van der Waals surface area contributed by atoms with Gasteiger partial charge in [0.25, 0.3) is 0 Å². The third-order valence-electron chi connectivity index (χ3n) is 3.83. The van der Waals surface area contributed by atoms with Crippen LogP contribution in [0.5, 0.6) is 0 Å². The SMILES string of the molecule is CC(C)(C)OC(=O)NCCCC(=O)N1CCOC(c2ccccc2)C1. The fourth-order valence-electron chi connectivity index (χ4n) is 2.65. The molecule has 2 amide bonds. The zero-order valence-corrected chi connectivity index (χ0v) is 15.3. The number of ether oxygens (including phenoxy) is 2. The Balaban J connectivity index is 1.71. The molecule has 0 bridgehead atoms. The fourth-order valence-corrected chi connectivity index (χ4v) is 2.65. The summed E-state index contributed by atoms with van der Waals surface area (Å²) in [6.07, 6.45) is 0.470. The Morgan fingerprint density at radius 2 is 2.00 bits per heavy atom. The molecule has 1 unspecified atom stereocenters. The number of carbonyl (C=O) groups excluding carboxylic acids is 2. The Labute approximate surface area is 149 Å². The number of carbonyl (C=O) groups is 2. The molecular formula is C19H28N2O4. The predicted molar refractivity (Wildman–Crippen MR) is 95.2 cm³/mol. The zero-order chi connectivity index (χ0) is 18.3. The molecule has 0 aromatic heterocycles. The molecule has 25 heavy (non-hydrogen) atoms. The highest BCUT2D eigenvalue weighted by Gasteiger charge is 2.25. The number of hydrogen-bond donors (Lipinski definition) is 1. The first-order valence-electron chi connectivity index (χ1n) is 8.76. The lowest BCUT2D eigenvalue weighted by atomic mass is 10.1.